The molecule has 2 aliphatic carbocycles. The summed E-state index contributed by atoms with van der Waals surface area (Å²) >= 11 is 0. The molecule has 2 saturated carbocycles. The summed E-state index contributed by atoms with van der Waals surface area (Å²) in [6.45, 7) is 4.28. The van der Waals surface area contributed by atoms with E-state index in [1.165, 1.54) is 17.0 Å². The van der Waals surface area contributed by atoms with E-state index in [0.717, 1.165) is 44.2 Å². The first-order valence-electron chi connectivity index (χ1n) is 10.7. The minimum absolute atomic E-state index is 0.0841. The van der Waals surface area contributed by atoms with Crippen LogP contribution in [0.25, 0.3) is 0 Å². The number of H-pyrrole nitrogens is 1. The summed E-state index contributed by atoms with van der Waals surface area (Å²) in [5.74, 6) is 2.03. The van der Waals surface area contributed by atoms with Gasteiger partial charge in [-0.3, -0.25) is 9.89 Å². The predicted octanol–water partition coefficient (Wildman–Crippen LogP) is 3.19. The highest BCUT2D eigenvalue weighted by molar-refractivity contribution is 5.68. The van der Waals surface area contributed by atoms with Gasteiger partial charge in [0.2, 0.25) is 0 Å². The summed E-state index contributed by atoms with van der Waals surface area (Å²) < 4.78 is 7.09. The number of alkyl carbamates (subject to hydrolysis) is 1. The van der Waals surface area contributed by atoms with Crippen molar-refractivity contribution in [1.82, 2.24) is 25.1 Å². The number of carbonyl (C=O) groups is 1. The second-order valence-electron chi connectivity index (χ2n) is 8.96. The zero-order valence-corrected chi connectivity index (χ0v) is 17.8. The average Bonchev–Trinajstić information content (AvgIpc) is 3.32. The summed E-state index contributed by atoms with van der Waals surface area (Å²) in [4.78, 5) is 28.2. The predicted molar refractivity (Wildman–Crippen MR) is 113 cm³/mol. The molecule has 3 N–H and O–H groups in total. The third kappa shape index (κ3) is 4.49. The van der Waals surface area contributed by atoms with Gasteiger partial charge < -0.3 is 19.9 Å². The summed E-state index contributed by atoms with van der Waals surface area (Å²) in [5.41, 5.74) is 0.731. The van der Waals surface area contributed by atoms with Gasteiger partial charge in [-0.2, -0.15) is 5.10 Å². The van der Waals surface area contributed by atoms with Gasteiger partial charge in [-0.05, 0) is 44.9 Å². The first-order valence-corrected chi connectivity index (χ1v) is 10.7. The van der Waals surface area contributed by atoms with Crippen molar-refractivity contribution in [2.24, 2.45) is 13.0 Å². The van der Waals surface area contributed by atoms with Gasteiger partial charge in [-0.15, -0.1) is 0 Å². The van der Waals surface area contributed by atoms with E-state index in [-0.39, 0.29) is 29.2 Å². The molecule has 162 valence electrons. The second-order valence-corrected chi connectivity index (χ2v) is 8.96. The summed E-state index contributed by atoms with van der Waals surface area (Å²) in [5, 5.41) is 13.4. The number of nitrogens with one attached hydrogen (secondary N) is 3. The zero-order valence-electron chi connectivity index (χ0n) is 17.8. The first kappa shape index (κ1) is 20.4. The highest BCUT2D eigenvalue weighted by atomic mass is 16.6. The number of ether oxygens (including phenoxy) is 1. The quantitative estimate of drug-likeness (QED) is 0.669. The van der Waals surface area contributed by atoms with Crippen LogP contribution < -0.4 is 16.2 Å². The number of carbonyl (C=O) groups excluding carboxylic acids is 1. The number of amides is 1. The van der Waals surface area contributed by atoms with Crippen LogP contribution in [-0.4, -0.2) is 37.5 Å². The third-order valence-corrected chi connectivity index (χ3v) is 6.39. The lowest BCUT2D eigenvalue weighted by molar-refractivity contribution is 0.0650. The van der Waals surface area contributed by atoms with E-state index in [1.807, 2.05) is 6.07 Å². The van der Waals surface area contributed by atoms with Crippen molar-refractivity contribution in [1.29, 1.82) is 0 Å². The Morgan fingerprint density at radius 2 is 2.13 bits per heavy atom. The summed E-state index contributed by atoms with van der Waals surface area (Å²) in [6.07, 6.45) is 6.83. The lowest BCUT2D eigenvalue weighted by atomic mass is 9.68. The largest absolute Gasteiger partial charge is 0.446 e. The Labute approximate surface area is 175 Å². The monoisotopic (exact) mass is 414 g/mol. The van der Waals surface area contributed by atoms with Crippen molar-refractivity contribution >= 4 is 17.7 Å². The van der Waals surface area contributed by atoms with Gasteiger partial charge in [0.15, 0.2) is 5.82 Å². The summed E-state index contributed by atoms with van der Waals surface area (Å²) in [6, 6.07) is 3.35. The molecule has 0 radical (unpaired) electrons. The smallest absolute Gasteiger partial charge is 0.407 e. The number of hydrogen-bond acceptors (Lipinski definition) is 6. The molecule has 2 aromatic heterocycles. The van der Waals surface area contributed by atoms with Gasteiger partial charge in [0.1, 0.15) is 11.9 Å². The number of hydrogen-bond donors (Lipinski definition) is 3. The molecule has 0 spiro atoms. The SMILES string of the molecule is CCC1CC(C)(NC(=O)OC2CCC(c3cc(Nc4cc(=O)n(C)cn4)n[nH]3)C2)C1. The molecule has 2 fully saturated rings. The van der Waals surface area contributed by atoms with Gasteiger partial charge in [0.25, 0.3) is 5.56 Å². The molecule has 4 rings (SSSR count). The Bertz CT molecular complexity index is 962. The van der Waals surface area contributed by atoms with Crippen molar-refractivity contribution in [3.05, 3.63) is 34.5 Å². The van der Waals surface area contributed by atoms with Gasteiger partial charge >= 0.3 is 6.09 Å². The normalized spacial score (nSPS) is 28.0. The Morgan fingerprint density at radius 3 is 2.87 bits per heavy atom. The maximum Gasteiger partial charge on any atom is 0.407 e. The third-order valence-electron chi connectivity index (χ3n) is 6.39. The molecule has 2 heterocycles. The molecular weight excluding hydrogens is 384 g/mol. The van der Waals surface area contributed by atoms with Crippen LogP contribution in [0.1, 0.15) is 64.0 Å². The number of nitrogens with zero attached hydrogens (tertiary/aromatic N) is 3. The van der Waals surface area contributed by atoms with E-state index >= 15 is 0 Å². The molecule has 0 aliphatic heterocycles. The van der Waals surface area contributed by atoms with Crippen LogP contribution in [-0.2, 0) is 11.8 Å². The van der Waals surface area contributed by atoms with Crippen LogP contribution in [0, 0.1) is 5.92 Å². The summed E-state index contributed by atoms with van der Waals surface area (Å²) in [7, 11) is 1.65. The van der Waals surface area contributed by atoms with Gasteiger partial charge in [-0.1, -0.05) is 13.3 Å². The van der Waals surface area contributed by atoms with Crippen LogP contribution in [0.2, 0.25) is 0 Å². The standard InChI is InChI=1S/C21H30N6O3/c1-4-13-10-21(2,11-13)24-20(29)30-15-6-5-14(7-15)16-8-18(26-25-16)23-17-9-19(28)27(3)12-22-17/h8-9,12-15H,4-7,10-11H2,1-3H3,(H,24,29)(H2,23,25,26). The van der Waals surface area contributed by atoms with Crippen LogP contribution in [0.15, 0.2) is 23.3 Å². The Hall–Kier alpha value is -2.84. The molecule has 9 nitrogen and oxygen atoms in total. The molecule has 0 bridgehead atoms. The van der Waals surface area contributed by atoms with Crippen molar-refractivity contribution in [2.75, 3.05) is 5.32 Å². The number of anilines is 2. The number of aromatic nitrogens is 4. The minimum Gasteiger partial charge on any atom is -0.446 e. The molecule has 9 heteroatoms. The molecule has 2 aliphatic rings. The van der Waals surface area contributed by atoms with Crippen LogP contribution in [0.4, 0.5) is 16.4 Å². The van der Waals surface area contributed by atoms with E-state index in [2.05, 4.69) is 39.7 Å². The molecule has 30 heavy (non-hydrogen) atoms. The molecular formula is C21H30N6O3. The number of aryl methyl sites for hydroxylation is 1. The van der Waals surface area contributed by atoms with E-state index < -0.39 is 0 Å². The molecule has 1 amide bonds. The number of rotatable bonds is 6. The van der Waals surface area contributed by atoms with E-state index in [4.69, 9.17) is 4.74 Å². The Kier molecular flexibility index (Phi) is 5.53. The minimum atomic E-state index is -0.304. The lowest BCUT2D eigenvalue weighted by Crippen LogP contribution is -2.55. The number of aromatic amines is 1. The van der Waals surface area contributed by atoms with Crippen molar-refractivity contribution in [2.45, 2.75) is 69.9 Å². The second kappa shape index (κ2) is 8.12. The molecule has 2 atom stereocenters. The molecule has 2 aromatic rings. The zero-order chi connectivity index (χ0) is 21.3. The average molecular weight is 415 g/mol. The van der Waals surface area contributed by atoms with Crippen LogP contribution >= 0.6 is 0 Å². The lowest BCUT2D eigenvalue weighted by Gasteiger charge is -2.45. The van der Waals surface area contributed by atoms with Crippen molar-refractivity contribution in [3.63, 3.8) is 0 Å². The highest BCUT2D eigenvalue weighted by Crippen LogP contribution is 2.40. The van der Waals surface area contributed by atoms with Gasteiger partial charge in [0, 0.05) is 36.3 Å². The molecule has 2 unspecified atom stereocenters. The van der Waals surface area contributed by atoms with Crippen LogP contribution in [0.3, 0.4) is 0 Å². The van der Waals surface area contributed by atoms with Crippen LogP contribution in [0.5, 0.6) is 0 Å². The Morgan fingerprint density at radius 1 is 1.33 bits per heavy atom. The van der Waals surface area contributed by atoms with E-state index in [9.17, 15) is 9.59 Å². The fourth-order valence-corrected chi connectivity index (χ4v) is 4.63. The van der Waals surface area contributed by atoms with Crippen molar-refractivity contribution in [3.8, 4) is 0 Å². The van der Waals surface area contributed by atoms with Gasteiger partial charge in [0.05, 0.1) is 6.33 Å². The fourth-order valence-electron chi connectivity index (χ4n) is 4.63. The van der Waals surface area contributed by atoms with E-state index in [0.29, 0.717) is 17.6 Å². The fraction of sp³-hybridized carbons (Fsp3) is 0.619. The Balaban J connectivity index is 1.28. The molecule has 0 aromatic carbocycles. The first-order chi connectivity index (χ1) is 14.3. The highest BCUT2D eigenvalue weighted by Gasteiger charge is 2.41. The molecule has 0 saturated heterocycles. The van der Waals surface area contributed by atoms with Gasteiger partial charge in [-0.25, -0.2) is 9.78 Å². The maximum absolute atomic E-state index is 12.3. The maximum atomic E-state index is 12.3. The van der Waals surface area contributed by atoms with E-state index in [1.54, 1.807) is 7.05 Å². The van der Waals surface area contributed by atoms with Crippen molar-refractivity contribution < 1.29 is 9.53 Å². The topological polar surface area (TPSA) is 114 Å².